The third kappa shape index (κ3) is 4.40. The van der Waals surface area contributed by atoms with Gasteiger partial charge in [-0.1, -0.05) is 29.8 Å². The quantitative estimate of drug-likeness (QED) is 0.480. The lowest BCUT2D eigenvalue weighted by Crippen LogP contribution is -2.32. The van der Waals surface area contributed by atoms with Gasteiger partial charge in [0.15, 0.2) is 0 Å². The lowest BCUT2D eigenvalue weighted by molar-refractivity contribution is -0.120. The van der Waals surface area contributed by atoms with Gasteiger partial charge in [0, 0.05) is 5.02 Å². The third-order valence-corrected chi connectivity index (χ3v) is 5.26. The van der Waals surface area contributed by atoms with Gasteiger partial charge in [-0.2, -0.15) is 0 Å². The number of anilines is 2. The molecule has 1 aliphatic rings. The molecule has 0 bridgehead atoms. The Morgan fingerprint density at radius 2 is 1.76 bits per heavy atom. The van der Waals surface area contributed by atoms with Crippen LogP contribution < -0.4 is 19.7 Å². The summed E-state index contributed by atoms with van der Waals surface area (Å²) >= 11 is 6.14. The van der Waals surface area contributed by atoms with E-state index in [2.05, 4.69) is 5.32 Å². The van der Waals surface area contributed by atoms with Crippen molar-refractivity contribution in [1.29, 1.82) is 0 Å². The van der Waals surface area contributed by atoms with E-state index in [0.29, 0.717) is 34.4 Å². The maximum atomic E-state index is 13.9. The lowest BCUT2D eigenvalue weighted by atomic mass is 10.0. The fourth-order valence-corrected chi connectivity index (χ4v) is 3.73. The molecule has 0 aromatic heterocycles. The zero-order chi connectivity index (χ0) is 23.5. The van der Waals surface area contributed by atoms with Crippen molar-refractivity contribution in [2.45, 2.75) is 6.92 Å². The van der Waals surface area contributed by atoms with Crippen molar-refractivity contribution in [3.05, 3.63) is 88.8 Å². The summed E-state index contributed by atoms with van der Waals surface area (Å²) in [7, 11) is 1.48. The molecule has 2 amide bonds. The first-order valence-electron chi connectivity index (χ1n) is 10.2. The number of hydrogen-bond acceptors (Lipinski definition) is 5. The van der Waals surface area contributed by atoms with Crippen LogP contribution >= 0.6 is 11.6 Å². The summed E-state index contributed by atoms with van der Waals surface area (Å²) < 4.78 is 24.7. The highest BCUT2D eigenvalue weighted by molar-refractivity contribution is 6.46. The van der Waals surface area contributed by atoms with Crippen LogP contribution in [0.2, 0.25) is 5.02 Å². The number of benzene rings is 3. The van der Waals surface area contributed by atoms with Crippen LogP contribution in [0.4, 0.5) is 15.8 Å². The zero-order valence-corrected chi connectivity index (χ0v) is 18.7. The smallest absolute Gasteiger partial charge is 0.282 e. The first-order valence-corrected chi connectivity index (χ1v) is 10.5. The molecule has 3 aromatic rings. The minimum Gasteiger partial charge on any atom is -0.495 e. The summed E-state index contributed by atoms with van der Waals surface area (Å²) in [5.41, 5.74) is 1.19. The van der Waals surface area contributed by atoms with Gasteiger partial charge in [0.25, 0.3) is 11.8 Å². The van der Waals surface area contributed by atoms with Crippen molar-refractivity contribution >= 4 is 40.4 Å². The van der Waals surface area contributed by atoms with Crippen LogP contribution in [-0.2, 0) is 9.59 Å². The van der Waals surface area contributed by atoms with Crippen LogP contribution in [-0.4, -0.2) is 25.5 Å². The lowest BCUT2D eigenvalue weighted by Gasteiger charge is -2.16. The standard InChI is InChI=1S/C25H20ClFN2O4/c1-3-33-19-10-7-15(8-11-19)22-23(28-20-13-16(26)9-12-21(20)32-2)25(31)29(24(22)30)18-6-4-5-17(27)14-18/h4-14,28H,3H2,1-2H3. The van der Waals surface area contributed by atoms with Crippen LogP contribution in [0.3, 0.4) is 0 Å². The maximum Gasteiger partial charge on any atom is 0.282 e. The van der Waals surface area contributed by atoms with E-state index in [0.717, 1.165) is 11.0 Å². The van der Waals surface area contributed by atoms with E-state index in [1.807, 2.05) is 6.92 Å². The molecule has 4 rings (SSSR count). The summed E-state index contributed by atoms with van der Waals surface area (Å²) in [5, 5.41) is 3.43. The SMILES string of the molecule is CCOc1ccc(C2=C(Nc3cc(Cl)ccc3OC)C(=O)N(c3cccc(F)c3)C2=O)cc1. The summed E-state index contributed by atoms with van der Waals surface area (Å²) in [5.74, 6) is -0.711. The molecular formula is C25H20ClFN2O4. The Labute approximate surface area is 195 Å². The number of nitrogens with one attached hydrogen (secondary N) is 1. The van der Waals surface area contributed by atoms with E-state index < -0.39 is 17.6 Å². The number of nitrogens with zero attached hydrogens (tertiary/aromatic N) is 1. The first-order chi connectivity index (χ1) is 15.9. The topological polar surface area (TPSA) is 67.9 Å². The average molecular weight is 467 g/mol. The van der Waals surface area contributed by atoms with Gasteiger partial charge in [0.1, 0.15) is 23.0 Å². The number of rotatable bonds is 7. The Balaban J connectivity index is 1.83. The van der Waals surface area contributed by atoms with Gasteiger partial charge in [0.2, 0.25) is 0 Å². The third-order valence-electron chi connectivity index (χ3n) is 5.03. The van der Waals surface area contributed by atoms with Gasteiger partial charge >= 0.3 is 0 Å². The van der Waals surface area contributed by atoms with Gasteiger partial charge < -0.3 is 14.8 Å². The normalized spacial score (nSPS) is 13.5. The molecule has 1 heterocycles. The first kappa shape index (κ1) is 22.4. The van der Waals surface area contributed by atoms with E-state index in [9.17, 15) is 14.0 Å². The van der Waals surface area contributed by atoms with Gasteiger partial charge in [-0.3, -0.25) is 9.59 Å². The zero-order valence-electron chi connectivity index (χ0n) is 17.9. The van der Waals surface area contributed by atoms with E-state index in [4.69, 9.17) is 21.1 Å². The van der Waals surface area contributed by atoms with Gasteiger partial charge in [-0.15, -0.1) is 0 Å². The Morgan fingerprint density at radius 1 is 1.00 bits per heavy atom. The molecule has 168 valence electrons. The van der Waals surface area contributed by atoms with Crippen LogP contribution in [0.15, 0.2) is 72.4 Å². The predicted molar refractivity (Wildman–Crippen MR) is 125 cm³/mol. The van der Waals surface area contributed by atoms with Crippen molar-refractivity contribution in [2.24, 2.45) is 0 Å². The molecular weight excluding hydrogens is 447 g/mol. The van der Waals surface area contributed by atoms with Gasteiger partial charge in [0.05, 0.1) is 30.7 Å². The van der Waals surface area contributed by atoms with Crippen LogP contribution in [0.25, 0.3) is 5.57 Å². The Morgan fingerprint density at radius 3 is 2.42 bits per heavy atom. The van der Waals surface area contributed by atoms with E-state index >= 15 is 0 Å². The van der Waals surface area contributed by atoms with Crippen molar-refractivity contribution < 1.29 is 23.5 Å². The second kappa shape index (κ2) is 9.34. The van der Waals surface area contributed by atoms with Gasteiger partial charge in [-0.05, 0) is 61.0 Å². The molecule has 1 N–H and O–H groups in total. The molecule has 3 aromatic carbocycles. The number of halogens is 2. The molecule has 6 nitrogen and oxygen atoms in total. The highest BCUT2D eigenvalue weighted by atomic mass is 35.5. The van der Waals surface area contributed by atoms with Crippen LogP contribution in [0.5, 0.6) is 11.5 Å². The van der Waals surface area contributed by atoms with Crippen molar-refractivity contribution in [3.8, 4) is 11.5 Å². The monoisotopic (exact) mass is 466 g/mol. The van der Waals surface area contributed by atoms with Crippen LogP contribution in [0.1, 0.15) is 12.5 Å². The number of hydrogen-bond donors (Lipinski definition) is 1. The van der Waals surface area contributed by atoms with E-state index in [1.165, 1.54) is 25.3 Å². The molecule has 33 heavy (non-hydrogen) atoms. The van der Waals surface area contributed by atoms with Crippen molar-refractivity contribution in [1.82, 2.24) is 0 Å². The summed E-state index contributed by atoms with van der Waals surface area (Å²) in [6, 6.07) is 17.0. The average Bonchev–Trinajstić information content (AvgIpc) is 3.04. The number of carbonyl (C=O) groups excluding carboxylic acids is 2. The van der Waals surface area contributed by atoms with E-state index in [1.54, 1.807) is 42.5 Å². The van der Waals surface area contributed by atoms with Crippen molar-refractivity contribution in [2.75, 3.05) is 23.9 Å². The number of imide groups is 1. The van der Waals surface area contributed by atoms with Gasteiger partial charge in [-0.25, -0.2) is 9.29 Å². The Kier molecular flexibility index (Phi) is 6.33. The molecule has 0 saturated carbocycles. The Hall–Kier alpha value is -3.84. The van der Waals surface area contributed by atoms with Crippen LogP contribution in [0, 0.1) is 5.82 Å². The fourth-order valence-electron chi connectivity index (χ4n) is 3.56. The highest BCUT2D eigenvalue weighted by Gasteiger charge is 2.40. The minimum atomic E-state index is -0.628. The summed E-state index contributed by atoms with van der Waals surface area (Å²) in [4.78, 5) is 27.8. The number of carbonyl (C=O) groups is 2. The molecule has 0 unspecified atom stereocenters. The molecule has 8 heteroatoms. The maximum absolute atomic E-state index is 13.9. The van der Waals surface area contributed by atoms with E-state index in [-0.39, 0.29) is 17.0 Å². The summed E-state index contributed by atoms with van der Waals surface area (Å²) in [6.45, 7) is 2.36. The molecule has 0 fully saturated rings. The number of ether oxygens (including phenoxy) is 2. The molecule has 0 saturated heterocycles. The predicted octanol–water partition coefficient (Wildman–Crippen LogP) is 5.28. The molecule has 0 aliphatic carbocycles. The Bertz CT molecular complexity index is 1260. The second-order valence-corrected chi connectivity index (χ2v) is 7.54. The molecule has 0 atom stereocenters. The number of amides is 2. The minimum absolute atomic E-state index is 0.0222. The highest BCUT2D eigenvalue weighted by Crippen LogP contribution is 2.37. The molecule has 1 aliphatic heterocycles. The summed E-state index contributed by atoms with van der Waals surface area (Å²) in [6.07, 6.45) is 0. The largest absolute Gasteiger partial charge is 0.495 e. The fraction of sp³-hybridized carbons (Fsp3) is 0.120. The molecule has 0 radical (unpaired) electrons. The second-order valence-electron chi connectivity index (χ2n) is 7.10. The molecule has 0 spiro atoms. The number of methoxy groups -OCH3 is 1. The van der Waals surface area contributed by atoms with Crippen molar-refractivity contribution in [3.63, 3.8) is 0 Å².